The second-order valence-corrected chi connectivity index (χ2v) is 12.7. The lowest BCUT2D eigenvalue weighted by Crippen LogP contribution is -2.42. The molecular weight excluding hydrogens is 744 g/mol. The van der Waals surface area contributed by atoms with Crippen molar-refractivity contribution in [3.8, 4) is 0 Å². The molecule has 0 heterocycles. The highest BCUT2D eigenvalue weighted by atomic mass is 79.9. The zero-order chi connectivity index (χ0) is 34.6. The molecule has 16 heteroatoms. The van der Waals surface area contributed by atoms with E-state index in [2.05, 4.69) is 31.9 Å². The monoisotopic (exact) mass is 784 g/mol. The van der Waals surface area contributed by atoms with E-state index in [1.165, 1.54) is 20.8 Å². The van der Waals surface area contributed by atoms with Crippen LogP contribution in [0.1, 0.15) is 39.2 Å². The fourth-order valence-corrected chi connectivity index (χ4v) is 3.60. The van der Waals surface area contributed by atoms with Crippen molar-refractivity contribution in [2.45, 2.75) is 40.2 Å². The summed E-state index contributed by atoms with van der Waals surface area (Å²) in [6, 6.07) is 8.72. The molecule has 0 spiro atoms. The summed E-state index contributed by atoms with van der Waals surface area (Å²) >= 11 is 6.42. The lowest BCUT2D eigenvalue weighted by atomic mass is 9.93. The Labute approximate surface area is 284 Å². The zero-order valence-corrected chi connectivity index (χ0v) is 29.3. The average Bonchev–Trinajstić information content (AvgIpc) is 3.07. The van der Waals surface area contributed by atoms with Gasteiger partial charge in [-0.05, 0) is 39.2 Å². The van der Waals surface area contributed by atoms with Crippen LogP contribution in [0.3, 0.4) is 0 Å². The molecule has 260 valence electrons. The minimum atomic E-state index is -1.77. The fraction of sp³-hybridized carbons (Fsp3) is 0.633. The molecule has 0 bridgehead atoms. The van der Waals surface area contributed by atoms with Crippen molar-refractivity contribution in [2.24, 2.45) is 16.2 Å². The van der Waals surface area contributed by atoms with Gasteiger partial charge in [0.15, 0.2) is 0 Å². The minimum Gasteiger partial charge on any atom is -0.465 e. The highest BCUT2D eigenvalue weighted by molar-refractivity contribution is 9.09. The predicted molar refractivity (Wildman–Crippen MR) is 168 cm³/mol. The van der Waals surface area contributed by atoms with Crippen LogP contribution in [0.2, 0.25) is 0 Å². The van der Waals surface area contributed by atoms with E-state index in [1.54, 1.807) is 30.3 Å². The van der Waals surface area contributed by atoms with Gasteiger partial charge in [-0.3, -0.25) is 14.4 Å². The number of carbonyl (C=O) groups is 5. The van der Waals surface area contributed by atoms with Gasteiger partial charge >= 0.3 is 30.2 Å². The van der Waals surface area contributed by atoms with Gasteiger partial charge < -0.3 is 43.4 Å². The molecule has 1 rings (SSSR count). The van der Waals surface area contributed by atoms with Crippen LogP contribution in [-0.4, -0.2) is 104 Å². The summed E-state index contributed by atoms with van der Waals surface area (Å²) in [5, 5.41) is 20.6. The number of halogens is 2. The van der Waals surface area contributed by atoms with Crippen molar-refractivity contribution < 1.29 is 67.3 Å². The van der Waals surface area contributed by atoms with Crippen LogP contribution in [-0.2, 0) is 54.1 Å². The zero-order valence-electron chi connectivity index (χ0n) is 26.1. The van der Waals surface area contributed by atoms with Crippen molar-refractivity contribution >= 4 is 62.1 Å². The number of ether oxygens (including phenoxy) is 7. The van der Waals surface area contributed by atoms with Crippen LogP contribution in [0.5, 0.6) is 0 Å². The Kier molecular flexibility index (Phi) is 18.8. The first-order valence-electron chi connectivity index (χ1n) is 14.3. The maximum absolute atomic E-state index is 13.1. The molecule has 0 fully saturated rings. The molecule has 0 aliphatic carbocycles. The van der Waals surface area contributed by atoms with Gasteiger partial charge in [0, 0.05) is 10.7 Å². The summed E-state index contributed by atoms with van der Waals surface area (Å²) < 4.78 is 35.8. The quantitative estimate of drug-likeness (QED) is 0.0794. The molecule has 46 heavy (non-hydrogen) atoms. The maximum Gasteiger partial charge on any atom is 0.508 e. The number of aliphatic hydroxyl groups is 2. The first-order chi connectivity index (χ1) is 21.8. The number of benzene rings is 1. The number of hydrogen-bond acceptors (Lipinski definition) is 14. The second kappa shape index (κ2) is 21.0. The van der Waals surface area contributed by atoms with Crippen LogP contribution in [0.25, 0.3) is 0 Å². The molecule has 1 aromatic rings. The highest BCUT2D eigenvalue weighted by Gasteiger charge is 2.41. The lowest BCUT2D eigenvalue weighted by molar-refractivity contribution is -0.163. The molecule has 0 amide bonds. The largest absolute Gasteiger partial charge is 0.508 e. The van der Waals surface area contributed by atoms with Gasteiger partial charge in [0.25, 0.3) is 0 Å². The van der Waals surface area contributed by atoms with E-state index in [9.17, 15) is 34.2 Å². The molecule has 0 aromatic heterocycles. The Morgan fingerprint density at radius 1 is 0.587 bits per heavy atom. The highest BCUT2D eigenvalue weighted by Crippen LogP contribution is 2.24. The van der Waals surface area contributed by atoms with E-state index < -0.39 is 86.1 Å². The number of carbonyl (C=O) groups excluding carboxylic acids is 5. The second-order valence-electron chi connectivity index (χ2n) is 11.1. The van der Waals surface area contributed by atoms with Gasteiger partial charge in [-0.1, -0.05) is 62.2 Å². The van der Waals surface area contributed by atoms with Crippen LogP contribution >= 0.6 is 31.9 Å². The Morgan fingerprint density at radius 2 is 0.957 bits per heavy atom. The Hall–Kier alpha value is -2.95. The number of esters is 3. The van der Waals surface area contributed by atoms with Crippen LogP contribution in [0, 0.1) is 16.2 Å². The van der Waals surface area contributed by atoms with Gasteiger partial charge in [-0.15, -0.1) is 0 Å². The van der Waals surface area contributed by atoms with Crippen molar-refractivity contribution in [1.29, 1.82) is 0 Å². The summed E-state index contributed by atoms with van der Waals surface area (Å²) in [4.78, 5) is 62.8. The smallest absolute Gasteiger partial charge is 0.465 e. The Bertz CT molecular complexity index is 1060. The molecule has 0 aliphatic heterocycles. The number of hydrogen-bond donors (Lipinski definition) is 2. The third-order valence-corrected chi connectivity index (χ3v) is 7.57. The van der Waals surface area contributed by atoms with Gasteiger partial charge in [0.05, 0.1) is 26.4 Å². The summed E-state index contributed by atoms with van der Waals surface area (Å²) in [5.74, 6) is -2.47. The van der Waals surface area contributed by atoms with E-state index in [0.717, 1.165) is 0 Å². The minimum absolute atomic E-state index is 0.0940. The van der Waals surface area contributed by atoms with Gasteiger partial charge in [0.2, 0.25) is 0 Å². The van der Waals surface area contributed by atoms with Crippen molar-refractivity contribution in [2.75, 3.05) is 63.5 Å². The SMILES string of the molecule is CC(CO)(COC(=O)OCC(C)(COC(=O)OCC(C)(CO)C(=O)OCCCBr)C(=O)OCc1ccccc1)C(=O)OCCCBr. The molecule has 0 radical (unpaired) electrons. The Morgan fingerprint density at radius 3 is 1.33 bits per heavy atom. The Balaban J connectivity index is 2.88. The maximum atomic E-state index is 13.1. The van der Waals surface area contributed by atoms with Gasteiger partial charge in [0.1, 0.15) is 49.3 Å². The van der Waals surface area contributed by atoms with Gasteiger partial charge in [-0.25, -0.2) is 9.59 Å². The molecular formula is C30H42Br2O14. The topological polar surface area (TPSA) is 190 Å². The molecule has 14 nitrogen and oxygen atoms in total. The number of rotatable bonds is 21. The molecule has 0 aliphatic rings. The van der Waals surface area contributed by atoms with E-state index in [-0.39, 0.29) is 19.8 Å². The lowest BCUT2D eigenvalue weighted by Gasteiger charge is -2.28. The van der Waals surface area contributed by atoms with Crippen LogP contribution in [0.15, 0.2) is 30.3 Å². The van der Waals surface area contributed by atoms with Crippen LogP contribution < -0.4 is 0 Å². The number of alkyl halides is 2. The van der Waals surface area contributed by atoms with Crippen molar-refractivity contribution in [1.82, 2.24) is 0 Å². The van der Waals surface area contributed by atoms with E-state index in [4.69, 9.17) is 33.2 Å². The third kappa shape index (κ3) is 14.2. The number of aliphatic hydroxyl groups excluding tert-OH is 2. The van der Waals surface area contributed by atoms with E-state index in [1.807, 2.05) is 0 Å². The van der Waals surface area contributed by atoms with Gasteiger partial charge in [-0.2, -0.15) is 0 Å². The predicted octanol–water partition coefficient (Wildman–Crippen LogP) is 3.70. The van der Waals surface area contributed by atoms with E-state index in [0.29, 0.717) is 29.1 Å². The average molecular weight is 786 g/mol. The summed E-state index contributed by atoms with van der Waals surface area (Å²) in [6.07, 6.45) is -1.49. The van der Waals surface area contributed by atoms with Crippen molar-refractivity contribution in [3.05, 3.63) is 35.9 Å². The molecule has 0 saturated carbocycles. The standard InChI is InChI=1S/C30H42Br2O14/c1-28(16-33,23(35)40-13-7-11-31)18-43-26(38)45-20-30(3,25(37)42-15-22-9-5-4-6-10-22)21-46-27(39)44-19-29(2,17-34)24(36)41-14-8-12-32/h4-6,9-10,33-34H,7-8,11-21H2,1-3H3. The van der Waals surface area contributed by atoms with E-state index >= 15 is 0 Å². The first-order valence-corrected chi connectivity index (χ1v) is 16.5. The molecule has 1 aromatic carbocycles. The third-order valence-electron chi connectivity index (χ3n) is 6.45. The fourth-order valence-electron chi connectivity index (χ4n) is 3.14. The summed E-state index contributed by atoms with van der Waals surface area (Å²) in [5.41, 5.74) is -4.24. The molecule has 0 saturated heterocycles. The summed E-state index contributed by atoms with van der Waals surface area (Å²) in [7, 11) is 0. The summed E-state index contributed by atoms with van der Waals surface area (Å²) in [6.45, 7) is 0.116. The first kappa shape index (κ1) is 41.1. The molecule has 2 unspecified atom stereocenters. The van der Waals surface area contributed by atoms with Crippen molar-refractivity contribution in [3.63, 3.8) is 0 Å². The van der Waals surface area contributed by atoms with Crippen LogP contribution in [0.4, 0.5) is 9.59 Å². The molecule has 2 N–H and O–H groups in total. The normalized spacial score (nSPS) is 14.8. The molecule has 2 atom stereocenters.